The zero-order valence-corrected chi connectivity index (χ0v) is 45.3. The summed E-state index contributed by atoms with van der Waals surface area (Å²) in [6.07, 6.45) is 10.7. The van der Waals surface area contributed by atoms with E-state index in [-0.39, 0.29) is 67.2 Å². The number of unbranched alkanes of at least 4 members (excludes halogenated alkanes) is 2. The van der Waals surface area contributed by atoms with Gasteiger partial charge in [-0.15, -0.1) is 0 Å². The number of hydrogen-bond donors (Lipinski definition) is 0. The molecule has 412 valence electrons. The van der Waals surface area contributed by atoms with Gasteiger partial charge in [0.25, 0.3) is 0 Å². The van der Waals surface area contributed by atoms with Crippen LogP contribution in [-0.2, 0) is 86.0 Å². The maximum atomic E-state index is 16.3. The summed E-state index contributed by atoms with van der Waals surface area (Å²) < 4.78 is 59.3. The molecule has 4 rings (SSSR count). The molecule has 0 radical (unpaired) electrons. The first kappa shape index (κ1) is 61.4. The van der Waals surface area contributed by atoms with Crippen LogP contribution in [0.3, 0.4) is 0 Å². The van der Waals surface area contributed by atoms with Crippen LogP contribution < -0.4 is 4.74 Å². The first-order valence-corrected chi connectivity index (χ1v) is 26.0. The van der Waals surface area contributed by atoms with Gasteiger partial charge in [0.15, 0.2) is 0 Å². The number of hydrogen-bond acceptors (Lipinski definition) is 15. The van der Waals surface area contributed by atoms with Gasteiger partial charge in [-0.3, -0.25) is 0 Å². The molecule has 3 aromatic carbocycles. The van der Waals surface area contributed by atoms with Gasteiger partial charge in [0.1, 0.15) is 43.4 Å². The molecule has 0 unspecified atom stereocenters. The van der Waals surface area contributed by atoms with Gasteiger partial charge in [-0.2, -0.15) is 0 Å². The zero-order valence-electron chi connectivity index (χ0n) is 45.3. The van der Waals surface area contributed by atoms with Crippen LogP contribution >= 0.6 is 0 Å². The fraction of sp³-hybridized carbons (Fsp3) is 0.483. The molecule has 1 aliphatic rings. The van der Waals surface area contributed by atoms with Gasteiger partial charge in [0.2, 0.25) is 0 Å². The molecule has 15 nitrogen and oxygen atoms in total. The van der Waals surface area contributed by atoms with Crippen molar-refractivity contribution in [2.24, 2.45) is 11.3 Å². The quantitative estimate of drug-likeness (QED) is 0.0219. The fourth-order valence-corrected chi connectivity index (χ4v) is 8.92. The highest BCUT2D eigenvalue weighted by molar-refractivity contribution is 6.30. The van der Waals surface area contributed by atoms with E-state index in [0.29, 0.717) is 34.6 Å². The Hall–Kier alpha value is -7.10. The summed E-state index contributed by atoms with van der Waals surface area (Å²) in [4.78, 5) is 86.9. The van der Waals surface area contributed by atoms with E-state index < -0.39 is 73.6 Å². The van der Waals surface area contributed by atoms with Gasteiger partial charge in [-0.1, -0.05) is 89.6 Å². The molecule has 1 fully saturated rings. The van der Waals surface area contributed by atoms with Crippen molar-refractivity contribution in [3.63, 3.8) is 0 Å². The summed E-state index contributed by atoms with van der Waals surface area (Å²) in [5, 5.41) is 0. The molecular weight excluding hydrogens is 980 g/mol. The Labute approximate surface area is 446 Å². The van der Waals surface area contributed by atoms with E-state index in [0.717, 1.165) is 68.1 Å². The number of carbonyl (C=O) groups excluding carboxylic acids is 7. The molecule has 76 heavy (non-hydrogen) atoms. The normalized spacial score (nSPS) is 14.1. The molecule has 0 spiro atoms. The molecule has 0 aromatic heterocycles. The minimum atomic E-state index is -1.56. The number of ether oxygens (including phenoxy) is 8. The van der Waals surface area contributed by atoms with Crippen LogP contribution in [0.4, 0.5) is 4.39 Å². The highest BCUT2D eigenvalue weighted by atomic mass is 19.1. The average Bonchev–Trinajstić information content (AvgIpc) is 3.41. The van der Waals surface area contributed by atoms with E-state index in [1.165, 1.54) is 46.5 Å². The van der Waals surface area contributed by atoms with Crippen LogP contribution in [0.2, 0.25) is 0 Å². The Morgan fingerprint density at radius 2 is 1.04 bits per heavy atom. The van der Waals surface area contributed by atoms with E-state index in [2.05, 4.69) is 42.2 Å². The van der Waals surface area contributed by atoms with Crippen molar-refractivity contribution in [1.29, 1.82) is 0 Å². The Balaban J connectivity index is 1.84. The van der Waals surface area contributed by atoms with Gasteiger partial charge >= 0.3 is 41.8 Å². The van der Waals surface area contributed by atoms with E-state index in [9.17, 15) is 33.6 Å². The second-order valence-electron chi connectivity index (χ2n) is 19.6. The van der Waals surface area contributed by atoms with Gasteiger partial charge < -0.3 is 37.9 Å². The number of halogens is 1. The fourth-order valence-electron chi connectivity index (χ4n) is 8.92. The molecule has 0 saturated heterocycles. The summed E-state index contributed by atoms with van der Waals surface area (Å²) >= 11 is 0. The lowest BCUT2D eigenvalue weighted by Crippen LogP contribution is -2.44. The smallest absolute Gasteiger partial charge is 0.417 e. The van der Waals surface area contributed by atoms with Crippen molar-refractivity contribution in [1.82, 2.24) is 0 Å². The van der Waals surface area contributed by atoms with Crippen LogP contribution in [0.25, 0.3) is 22.3 Å². The molecule has 0 bridgehead atoms. The molecule has 1 saturated carbocycles. The maximum Gasteiger partial charge on any atom is 0.417 e. The van der Waals surface area contributed by atoms with Gasteiger partial charge in [0, 0.05) is 22.3 Å². The van der Waals surface area contributed by atoms with E-state index in [4.69, 9.17) is 28.4 Å². The highest BCUT2D eigenvalue weighted by Crippen LogP contribution is 2.41. The van der Waals surface area contributed by atoms with Crippen molar-refractivity contribution >= 4 is 41.8 Å². The summed E-state index contributed by atoms with van der Waals surface area (Å²) in [6, 6.07) is 15.2. The number of aryl methyl sites for hydroxylation is 3. The Morgan fingerprint density at radius 1 is 0.553 bits per heavy atom. The lowest BCUT2D eigenvalue weighted by Gasteiger charge is -2.33. The monoisotopic (exact) mass is 1050 g/mol. The summed E-state index contributed by atoms with van der Waals surface area (Å²) in [7, 11) is 2.11. The third-order valence-corrected chi connectivity index (χ3v) is 13.3. The predicted octanol–water partition coefficient (Wildman–Crippen LogP) is 10.6. The molecule has 0 amide bonds. The Morgan fingerprint density at radius 3 is 1.49 bits per heavy atom. The standard InChI is InChI=1S/C60H75FO15/c1-11-13-14-17-41-20-22-43(23-21-41)45-25-27-50(51(61)33-45)49-26-24-44(30-42(49)12-2)48-31-46(18-15-28-71-58(67)56(65)69-9)52(47(32-48)19-16-29-72-59(68)57(66)70-10)73-34-60(35-74-53(62)38(3)4,36-75-54(63)39(5)6)37-76-55(64)40(7)8/h24-27,30-33,41,43H,3,5,7,11-23,28-29,34-37H2,1-2,4,6,8-10H3. The van der Waals surface area contributed by atoms with Crippen LogP contribution in [0.15, 0.2) is 85.0 Å². The van der Waals surface area contributed by atoms with Crippen molar-refractivity contribution in [3.8, 4) is 28.0 Å². The molecule has 0 N–H and O–H groups in total. The topological polar surface area (TPSA) is 193 Å². The highest BCUT2D eigenvalue weighted by Gasteiger charge is 2.38. The third-order valence-electron chi connectivity index (χ3n) is 13.3. The zero-order chi connectivity index (χ0) is 56.0. The molecular formula is C60H75FO15. The lowest BCUT2D eigenvalue weighted by molar-refractivity contribution is -0.165. The first-order valence-electron chi connectivity index (χ1n) is 26.0. The molecule has 1 aliphatic carbocycles. The predicted molar refractivity (Wildman–Crippen MR) is 283 cm³/mol. The van der Waals surface area contributed by atoms with Crippen molar-refractivity contribution in [2.45, 2.75) is 124 Å². The Kier molecular flexibility index (Phi) is 24.6. The largest absolute Gasteiger partial charge is 0.492 e. The molecule has 0 aliphatic heterocycles. The maximum absolute atomic E-state index is 16.3. The van der Waals surface area contributed by atoms with Crippen LogP contribution in [0.1, 0.15) is 127 Å². The molecule has 3 aromatic rings. The number of methoxy groups -OCH3 is 2. The van der Waals surface area contributed by atoms with Gasteiger partial charge in [-0.25, -0.2) is 38.0 Å². The second-order valence-corrected chi connectivity index (χ2v) is 19.6. The van der Waals surface area contributed by atoms with Crippen LogP contribution in [0.5, 0.6) is 5.75 Å². The van der Waals surface area contributed by atoms with E-state index in [1.807, 2.05) is 43.3 Å². The van der Waals surface area contributed by atoms with Crippen LogP contribution in [-0.4, -0.2) is 95.6 Å². The minimum absolute atomic E-state index is 0.0663. The number of esters is 7. The molecule has 0 heterocycles. The minimum Gasteiger partial charge on any atom is -0.492 e. The number of benzene rings is 3. The SMILES string of the molecule is C=C(C)C(=O)OCC(COC(=O)C(=C)C)(COC(=O)C(=C)C)COc1c(CCCOC(=O)C(=O)OC)cc(-c2ccc(-c3ccc(C4CCC(CCCCC)CC4)cc3F)c(CC)c2)cc1CCCOC(=O)C(=O)OC. The summed E-state index contributed by atoms with van der Waals surface area (Å²) in [5.41, 5.74) is 4.35. The summed E-state index contributed by atoms with van der Waals surface area (Å²) in [5.74, 6) is -6.01. The molecule has 0 atom stereocenters. The Bertz CT molecular complexity index is 2460. The van der Waals surface area contributed by atoms with E-state index in [1.54, 1.807) is 6.07 Å². The first-order chi connectivity index (χ1) is 36.3. The van der Waals surface area contributed by atoms with E-state index >= 15 is 4.39 Å². The van der Waals surface area contributed by atoms with Gasteiger partial charge in [0.05, 0.1) is 27.4 Å². The summed E-state index contributed by atoms with van der Waals surface area (Å²) in [6.45, 7) is 17.2. The van der Waals surface area contributed by atoms with Crippen molar-refractivity contribution in [2.75, 3.05) is 53.9 Å². The third kappa shape index (κ3) is 18.3. The van der Waals surface area contributed by atoms with Crippen molar-refractivity contribution in [3.05, 3.63) is 113 Å². The van der Waals surface area contributed by atoms with Crippen LogP contribution in [0, 0.1) is 17.2 Å². The van der Waals surface area contributed by atoms with Crippen molar-refractivity contribution < 1.29 is 75.8 Å². The average molecular weight is 1060 g/mol. The second kappa shape index (κ2) is 30.5. The number of rotatable bonds is 28. The van der Waals surface area contributed by atoms with Gasteiger partial charge in [-0.05, 0) is 148 Å². The lowest BCUT2D eigenvalue weighted by atomic mass is 9.77. The number of carbonyl (C=O) groups is 7. The molecule has 16 heteroatoms.